The zero-order valence-corrected chi connectivity index (χ0v) is 4.29. The molecule has 0 bridgehead atoms. The highest BCUT2D eigenvalue weighted by Gasteiger charge is 1.69. The minimum atomic E-state index is 0.643. The summed E-state index contributed by atoms with van der Waals surface area (Å²) in [6.07, 6.45) is 1.43. The van der Waals surface area contributed by atoms with Crippen LogP contribution in [0.25, 0.3) is 0 Å². The van der Waals surface area contributed by atoms with Crippen molar-refractivity contribution in [1.82, 2.24) is 0 Å². The fourth-order valence-corrected chi connectivity index (χ4v) is 0.187. The maximum absolute atomic E-state index is 8.00. The van der Waals surface area contributed by atoms with Gasteiger partial charge >= 0.3 is 7.48 Å². The zero-order valence-electron chi connectivity index (χ0n) is 4.29. The Hall–Kier alpha value is -0.435. The molecule has 0 saturated carbocycles. The fraction of sp³-hybridized carbons (Fsp3) is 0.500. The largest absolute Gasteiger partial charge is 0.503 e. The van der Waals surface area contributed by atoms with Crippen LogP contribution in [0.2, 0.25) is 0 Å². The van der Waals surface area contributed by atoms with Gasteiger partial charge in [-0.15, -0.1) is 0 Å². The van der Waals surface area contributed by atoms with Crippen LogP contribution < -0.4 is 0 Å². The van der Waals surface area contributed by atoms with E-state index in [4.69, 9.17) is 9.76 Å². The molecule has 3 heteroatoms. The summed E-state index contributed by atoms with van der Waals surface area (Å²) < 4.78 is 4.70. The molecule has 0 unspecified atom stereocenters. The molecule has 0 rings (SSSR count). The SMILES string of the molecule is CCO/C=C/[B]O. The monoisotopic (exact) mass is 99.1 g/mol. The molecule has 0 fully saturated rings. The van der Waals surface area contributed by atoms with Gasteiger partial charge in [0, 0.05) is 0 Å². The van der Waals surface area contributed by atoms with E-state index in [2.05, 4.69) is 0 Å². The number of rotatable bonds is 3. The van der Waals surface area contributed by atoms with Crippen LogP contribution >= 0.6 is 0 Å². The van der Waals surface area contributed by atoms with Crippen LogP contribution in [0, 0.1) is 0 Å². The Morgan fingerprint density at radius 2 is 2.57 bits per heavy atom. The van der Waals surface area contributed by atoms with Crippen molar-refractivity contribution in [2.75, 3.05) is 6.61 Å². The summed E-state index contributed by atoms with van der Waals surface area (Å²) in [6.45, 7) is 2.52. The zero-order chi connectivity index (χ0) is 5.54. The summed E-state index contributed by atoms with van der Waals surface area (Å²) in [5, 5.41) is 8.00. The van der Waals surface area contributed by atoms with Gasteiger partial charge in [-0.25, -0.2) is 0 Å². The highest BCUT2D eigenvalue weighted by molar-refractivity contribution is 6.32. The quantitative estimate of drug-likeness (QED) is 0.401. The van der Waals surface area contributed by atoms with E-state index in [1.54, 1.807) is 0 Å². The topological polar surface area (TPSA) is 29.5 Å². The van der Waals surface area contributed by atoms with Crippen molar-refractivity contribution in [2.24, 2.45) is 0 Å². The molecule has 39 valence electrons. The standard InChI is InChI=1S/C4H8BO2/c1-2-7-4-3-5-6/h3-4,6H,2H2,1H3/b4-3+. The third-order valence-corrected chi connectivity index (χ3v) is 0.428. The van der Waals surface area contributed by atoms with E-state index < -0.39 is 0 Å². The number of hydrogen-bond donors (Lipinski definition) is 1. The Balaban J connectivity index is 2.78. The third-order valence-electron chi connectivity index (χ3n) is 0.428. The van der Waals surface area contributed by atoms with E-state index in [1.165, 1.54) is 12.2 Å². The molecule has 0 amide bonds. The van der Waals surface area contributed by atoms with Crippen LogP contribution in [0.1, 0.15) is 6.92 Å². The van der Waals surface area contributed by atoms with Crippen molar-refractivity contribution in [3.05, 3.63) is 12.2 Å². The van der Waals surface area contributed by atoms with Crippen LogP contribution in [0.15, 0.2) is 12.2 Å². The van der Waals surface area contributed by atoms with Crippen molar-refractivity contribution < 1.29 is 9.76 Å². The number of ether oxygens (including phenoxy) is 1. The van der Waals surface area contributed by atoms with Crippen LogP contribution in [-0.4, -0.2) is 19.1 Å². The molecule has 0 spiro atoms. The van der Waals surface area contributed by atoms with Gasteiger partial charge in [0.2, 0.25) is 0 Å². The summed E-state index contributed by atoms with van der Waals surface area (Å²) in [6, 6.07) is 0. The van der Waals surface area contributed by atoms with Crippen molar-refractivity contribution in [3.8, 4) is 0 Å². The molecule has 0 atom stereocenters. The molecule has 2 nitrogen and oxygen atoms in total. The van der Waals surface area contributed by atoms with Gasteiger partial charge in [0.15, 0.2) is 0 Å². The summed E-state index contributed by atoms with van der Waals surface area (Å²) in [7, 11) is 0.926. The average molecular weight is 98.9 g/mol. The van der Waals surface area contributed by atoms with Crippen LogP contribution in [0.3, 0.4) is 0 Å². The molecule has 0 aliphatic carbocycles. The van der Waals surface area contributed by atoms with Gasteiger partial charge in [0.25, 0.3) is 0 Å². The number of hydrogen-bond acceptors (Lipinski definition) is 2. The normalized spacial score (nSPS) is 9.43. The second-order valence-electron chi connectivity index (χ2n) is 0.933. The maximum Gasteiger partial charge on any atom is 0.321 e. The van der Waals surface area contributed by atoms with Gasteiger partial charge in [0.05, 0.1) is 12.9 Å². The highest BCUT2D eigenvalue weighted by atomic mass is 16.5. The summed E-state index contributed by atoms with van der Waals surface area (Å²) in [4.78, 5) is 0. The molecule has 7 heavy (non-hydrogen) atoms. The van der Waals surface area contributed by atoms with Crippen molar-refractivity contribution in [2.45, 2.75) is 6.92 Å². The molecule has 0 aromatic carbocycles. The lowest BCUT2D eigenvalue weighted by Crippen LogP contribution is -1.81. The molecule has 0 heterocycles. The molecule has 1 N–H and O–H groups in total. The highest BCUT2D eigenvalue weighted by Crippen LogP contribution is 1.71. The Bertz CT molecular complexity index is 53.7. The fourth-order valence-electron chi connectivity index (χ4n) is 0.187. The first-order chi connectivity index (χ1) is 3.41. The second-order valence-corrected chi connectivity index (χ2v) is 0.933. The maximum atomic E-state index is 8.00. The van der Waals surface area contributed by atoms with E-state index in [-0.39, 0.29) is 0 Å². The lowest BCUT2D eigenvalue weighted by atomic mass is 10.0. The van der Waals surface area contributed by atoms with E-state index in [1.807, 2.05) is 6.92 Å². The Labute approximate surface area is 44.1 Å². The van der Waals surface area contributed by atoms with Crippen LogP contribution in [0.4, 0.5) is 0 Å². The molecule has 0 saturated heterocycles. The predicted octanol–water partition coefficient (Wildman–Crippen LogP) is 0.106. The van der Waals surface area contributed by atoms with Gasteiger partial charge < -0.3 is 9.76 Å². The minimum absolute atomic E-state index is 0.643. The predicted molar refractivity (Wildman–Crippen MR) is 28.7 cm³/mol. The smallest absolute Gasteiger partial charge is 0.321 e. The summed E-state index contributed by atoms with van der Waals surface area (Å²) >= 11 is 0. The first-order valence-corrected chi connectivity index (χ1v) is 2.16. The van der Waals surface area contributed by atoms with Gasteiger partial charge in [-0.2, -0.15) is 0 Å². The Morgan fingerprint density at radius 3 is 3.00 bits per heavy atom. The van der Waals surface area contributed by atoms with Gasteiger partial charge in [-0.3, -0.25) is 0 Å². The molecule has 0 aromatic heterocycles. The van der Waals surface area contributed by atoms with Crippen LogP contribution in [0.5, 0.6) is 0 Å². The van der Waals surface area contributed by atoms with E-state index >= 15 is 0 Å². The van der Waals surface area contributed by atoms with Gasteiger partial charge in [-0.1, -0.05) is 5.98 Å². The summed E-state index contributed by atoms with van der Waals surface area (Å²) in [5.74, 6) is 1.42. The second kappa shape index (κ2) is 5.56. The molecular weight excluding hydrogens is 90.9 g/mol. The lowest BCUT2D eigenvalue weighted by molar-refractivity contribution is 0.269. The molecule has 0 aromatic rings. The minimum Gasteiger partial charge on any atom is -0.503 e. The van der Waals surface area contributed by atoms with Gasteiger partial charge in [0.1, 0.15) is 0 Å². The van der Waals surface area contributed by atoms with E-state index in [0.29, 0.717) is 6.61 Å². The first-order valence-electron chi connectivity index (χ1n) is 2.16. The van der Waals surface area contributed by atoms with Crippen molar-refractivity contribution in [3.63, 3.8) is 0 Å². The van der Waals surface area contributed by atoms with Crippen LogP contribution in [-0.2, 0) is 4.74 Å². The Kier molecular flexibility index (Phi) is 5.22. The molecular formula is C4H8BO2. The van der Waals surface area contributed by atoms with Crippen molar-refractivity contribution >= 4 is 7.48 Å². The first kappa shape index (κ1) is 6.56. The molecule has 0 aliphatic rings. The van der Waals surface area contributed by atoms with E-state index in [9.17, 15) is 0 Å². The molecule has 0 aliphatic heterocycles. The Morgan fingerprint density at radius 1 is 1.86 bits per heavy atom. The molecule has 1 radical (unpaired) electrons. The average Bonchev–Trinajstić information content (AvgIpc) is 1.69. The van der Waals surface area contributed by atoms with Crippen molar-refractivity contribution in [1.29, 1.82) is 0 Å². The van der Waals surface area contributed by atoms with E-state index in [0.717, 1.165) is 7.48 Å². The van der Waals surface area contributed by atoms with Gasteiger partial charge in [-0.05, 0) is 6.92 Å². The summed E-state index contributed by atoms with van der Waals surface area (Å²) in [5.41, 5.74) is 0. The lowest BCUT2D eigenvalue weighted by Gasteiger charge is -1.87. The third kappa shape index (κ3) is 5.56.